The van der Waals surface area contributed by atoms with Gasteiger partial charge in [-0.3, -0.25) is 0 Å². The number of rotatable bonds is 4. The smallest absolute Gasteiger partial charge is 0.340 e. The topological polar surface area (TPSA) is 77.8 Å². The van der Waals surface area contributed by atoms with Gasteiger partial charge in [0.2, 0.25) is 11.8 Å². The van der Waals surface area contributed by atoms with E-state index in [9.17, 15) is 13.2 Å². The Labute approximate surface area is 140 Å². The Hall–Kier alpha value is -2.71. The van der Waals surface area contributed by atoms with Gasteiger partial charge in [-0.25, -0.2) is 0 Å². The molecule has 0 aliphatic heterocycles. The van der Waals surface area contributed by atoms with Crippen LogP contribution in [-0.2, 0) is 12.6 Å². The summed E-state index contributed by atoms with van der Waals surface area (Å²) in [4.78, 5) is 8.32. The average Bonchev–Trinajstić information content (AvgIpc) is 3.05. The van der Waals surface area contributed by atoms with Crippen LogP contribution in [0.25, 0.3) is 0 Å². The minimum atomic E-state index is -4.37. The van der Waals surface area contributed by atoms with Gasteiger partial charge in [0.1, 0.15) is 0 Å². The Morgan fingerprint density at radius 2 is 1.76 bits per heavy atom. The molecule has 1 aliphatic rings. The number of benzene rings is 1. The van der Waals surface area contributed by atoms with Crippen molar-refractivity contribution in [1.82, 2.24) is 20.3 Å². The summed E-state index contributed by atoms with van der Waals surface area (Å²) in [6, 6.07) is 5.61. The van der Waals surface area contributed by atoms with Gasteiger partial charge in [-0.2, -0.15) is 23.1 Å². The summed E-state index contributed by atoms with van der Waals surface area (Å²) in [7, 11) is 0. The van der Waals surface area contributed by atoms with Gasteiger partial charge in [0, 0.05) is 12.8 Å². The van der Waals surface area contributed by atoms with Crippen molar-refractivity contribution in [2.75, 3.05) is 0 Å². The molecule has 4 rings (SSSR count). The molecule has 2 heterocycles. The largest absolute Gasteiger partial charge is 0.416 e. The van der Waals surface area contributed by atoms with E-state index in [1.165, 1.54) is 12.1 Å². The van der Waals surface area contributed by atoms with Crippen molar-refractivity contribution >= 4 is 0 Å². The third-order valence-corrected chi connectivity index (χ3v) is 4.14. The molecular weight excluding hydrogens is 337 g/mol. The molecule has 1 aliphatic carbocycles. The van der Waals surface area contributed by atoms with Crippen molar-refractivity contribution in [1.29, 1.82) is 0 Å². The highest BCUT2D eigenvalue weighted by molar-refractivity contribution is 5.39. The van der Waals surface area contributed by atoms with E-state index in [-0.39, 0.29) is 23.8 Å². The maximum absolute atomic E-state index is 13.1. The lowest BCUT2D eigenvalue weighted by Gasteiger charge is -2.11. The van der Waals surface area contributed by atoms with E-state index in [1.807, 2.05) is 0 Å². The number of hydrogen-bond acceptors (Lipinski definition) is 6. The Kier molecular flexibility index (Phi) is 3.59. The van der Waals surface area contributed by atoms with Gasteiger partial charge in [-0.15, -0.1) is 0 Å². The Balaban J connectivity index is 1.51. The van der Waals surface area contributed by atoms with Crippen LogP contribution in [0.15, 0.2) is 33.3 Å². The van der Waals surface area contributed by atoms with E-state index < -0.39 is 11.7 Å². The molecule has 1 fully saturated rings. The van der Waals surface area contributed by atoms with Crippen LogP contribution in [0.1, 0.15) is 52.8 Å². The lowest BCUT2D eigenvalue weighted by Crippen LogP contribution is -2.08. The molecule has 6 nitrogen and oxygen atoms in total. The molecule has 3 aromatic rings. The second kappa shape index (κ2) is 5.68. The van der Waals surface area contributed by atoms with Crippen LogP contribution in [0.2, 0.25) is 0 Å². The Bertz CT molecular complexity index is 903. The van der Waals surface area contributed by atoms with Crippen LogP contribution in [0, 0.1) is 6.92 Å². The number of hydrogen-bond donors (Lipinski definition) is 0. The van der Waals surface area contributed by atoms with Gasteiger partial charge in [-0.1, -0.05) is 28.5 Å². The number of alkyl halides is 3. The predicted octanol–water partition coefficient (Wildman–Crippen LogP) is 3.64. The fourth-order valence-corrected chi connectivity index (χ4v) is 2.93. The molecule has 25 heavy (non-hydrogen) atoms. The lowest BCUT2D eigenvalue weighted by molar-refractivity contribution is -0.138. The SMILES string of the molecule is Cc1nc(Cc2noc([C@H]3C[C@H]3c3ccccc3C(F)(F)F)n2)no1. The summed E-state index contributed by atoms with van der Waals surface area (Å²) >= 11 is 0. The first-order valence-electron chi connectivity index (χ1n) is 7.69. The summed E-state index contributed by atoms with van der Waals surface area (Å²) in [5, 5.41) is 7.60. The van der Waals surface area contributed by atoms with Gasteiger partial charge in [0.25, 0.3) is 0 Å². The van der Waals surface area contributed by atoms with Crippen molar-refractivity contribution in [3.05, 3.63) is 58.8 Å². The number of halogens is 3. The minimum Gasteiger partial charge on any atom is -0.340 e. The molecule has 1 saturated carbocycles. The highest BCUT2D eigenvalue weighted by Gasteiger charge is 2.47. The maximum Gasteiger partial charge on any atom is 0.416 e. The van der Waals surface area contributed by atoms with E-state index in [2.05, 4.69) is 20.3 Å². The zero-order valence-electron chi connectivity index (χ0n) is 13.1. The number of nitrogens with zero attached hydrogens (tertiary/aromatic N) is 4. The Morgan fingerprint density at radius 1 is 1.04 bits per heavy atom. The molecule has 2 atom stereocenters. The fourth-order valence-electron chi connectivity index (χ4n) is 2.93. The van der Waals surface area contributed by atoms with E-state index in [0.717, 1.165) is 6.07 Å². The first-order chi connectivity index (χ1) is 11.9. The summed E-state index contributed by atoms with van der Waals surface area (Å²) in [6.07, 6.45) is -3.58. The van der Waals surface area contributed by atoms with Crippen molar-refractivity contribution < 1.29 is 22.2 Å². The van der Waals surface area contributed by atoms with Crippen LogP contribution < -0.4 is 0 Å². The molecule has 0 unspecified atom stereocenters. The summed E-state index contributed by atoms with van der Waals surface area (Å²) < 4.78 is 49.5. The predicted molar refractivity (Wildman–Crippen MR) is 77.7 cm³/mol. The van der Waals surface area contributed by atoms with Crippen LogP contribution in [0.3, 0.4) is 0 Å². The fraction of sp³-hybridized carbons (Fsp3) is 0.375. The van der Waals surface area contributed by atoms with Crippen molar-refractivity contribution in [2.45, 2.75) is 37.8 Å². The quantitative estimate of drug-likeness (QED) is 0.715. The molecule has 0 N–H and O–H groups in total. The van der Waals surface area contributed by atoms with E-state index in [1.54, 1.807) is 13.0 Å². The second-order valence-electron chi connectivity index (χ2n) is 5.99. The van der Waals surface area contributed by atoms with Gasteiger partial charge in [0.15, 0.2) is 11.6 Å². The van der Waals surface area contributed by atoms with Crippen molar-refractivity contribution in [3.8, 4) is 0 Å². The van der Waals surface area contributed by atoms with E-state index in [4.69, 9.17) is 9.05 Å². The third-order valence-electron chi connectivity index (χ3n) is 4.14. The van der Waals surface area contributed by atoms with E-state index >= 15 is 0 Å². The van der Waals surface area contributed by atoms with Crippen LogP contribution in [0.4, 0.5) is 13.2 Å². The first-order valence-corrected chi connectivity index (χ1v) is 7.69. The molecule has 0 spiro atoms. The van der Waals surface area contributed by atoms with Crippen molar-refractivity contribution in [2.24, 2.45) is 0 Å². The van der Waals surface area contributed by atoms with Crippen LogP contribution in [-0.4, -0.2) is 20.3 Å². The third kappa shape index (κ3) is 3.13. The van der Waals surface area contributed by atoms with Crippen LogP contribution >= 0.6 is 0 Å². The van der Waals surface area contributed by atoms with Gasteiger partial charge >= 0.3 is 6.18 Å². The molecule has 0 radical (unpaired) electrons. The molecule has 0 saturated heterocycles. The highest BCUT2D eigenvalue weighted by atomic mass is 19.4. The maximum atomic E-state index is 13.1. The molecule has 1 aromatic carbocycles. The normalized spacial score (nSPS) is 20.0. The minimum absolute atomic E-state index is 0.197. The first kappa shape index (κ1) is 15.8. The zero-order valence-corrected chi connectivity index (χ0v) is 13.1. The van der Waals surface area contributed by atoms with Gasteiger partial charge in [0.05, 0.1) is 12.0 Å². The highest BCUT2D eigenvalue weighted by Crippen LogP contribution is 2.56. The zero-order chi connectivity index (χ0) is 17.6. The van der Waals surface area contributed by atoms with Crippen molar-refractivity contribution in [3.63, 3.8) is 0 Å². The molecular formula is C16H13F3N4O2. The van der Waals surface area contributed by atoms with Crippen LogP contribution in [0.5, 0.6) is 0 Å². The molecule has 0 bridgehead atoms. The number of aryl methyl sites for hydroxylation is 1. The summed E-state index contributed by atoms with van der Waals surface area (Å²) in [5.41, 5.74) is -0.335. The molecule has 0 amide bonds. The standard InChI is InChI=1S/C16H13F3N4O2/c1-8-20-13(22-24-8)7-14-21-15(25-23-14)11-6-10(11)9-4-2-3-5-12(9)16(17,18)19/h2-5,10-11H,6-7H2,1H3/t10-,11-/m0/s1. The summed E-state index contributed by atoms with van der Waals surface area (Å²) in [6.45, 7) is 1.67. The Morgan fingerprint density at radius 3 is 2.48 bits per heavy atom. The molecule has 2 aromatic heterocycles. The summed E-state index contributed by atoms with van der Waals surface area (Å²) in [5.74, 6) is 1.13. The van der Waals surface area contributed by atoms with Gasteiger partial charge < -0.3 is 9.05 Å². The average molecular weight is 350 g/mol. The monoisotopic (exact) mass is 350 g/mol. The second-order valence-corrected chi connectivity index (χ2v) is 5.99. The van der Waals surface area contributed by atoms with Gasteiger partial charge in [-0.05, 0) is 24.0 Å². The molecule has 130 valence electrons. The number of aromatic nitrogens is 4. The molecule has 9 heteroatoms. The lowest BCUT2D eigenvalue weighted by atomic mass is 10.0. The van der Waals surface area contributed by atoms with E-state index in [0.29, 0.717) is 29.9 Å².